The van der Waals surface area contributed by atoms with Crippen LogP contribution in [0.3, 0.4) is 0 Å². The average Bonchev–Trinajstić information content (AvgIpc) is 3.48. The summed E-state index contributed by atoms with van der Waals surface area (Å²) in [5.41, 5.74) is 12.6. The Morgan fingerprint density at radius 3 is 2.73 bits per heavy atom. The molecule has 204 valence electrons. The normalized spacial score (nSPS) is 16.8. The minimum atomic E-state index is -0.237. The van der Waals surface area contributed by atoms with Gasteiger partial charge in [0.25, 0.3) is 0 Å². The van der Waals surface area contributed by atoms with Crippen LogP contribution in [0.4, 0.5) is 11.4 Å². The van der Waals surface area contributed by atoms with Crippen molar-refractivity contribution in [2.75, 3.05) is 17.2 Å². The average molecular weight is 553 g/mol. The fourth-order valence-corrected chi connectivity index (χ4v) is 5.30. The number of nitriles is 1. The predicted octanol–water partition coefficient (Wildman–Crippen LogP) is 6.64. The zero-order valence-corrected chi connectivity index (χ0v) is 23.9. The first-order valence-corrected chi connectivity index (χ1v) is 13.9. The van der Waals surface area contributed by atoms with E-state index in [2.05, 4.69) is 88.7 Å². The van der Waals surface area contributed by atoms with Gasteiger partial charge in [0, 0.05) is 41.6 Å². The van der Waals surface area contributed by atoms with Crippen molar-refractivity contribution < 1.29 is 0 Å². The van der Waals surface area contributed by atoms with Crippen LogP contribution < -0.4 is 21.6 Å². The lowest BCUT2D eigenvalue weighted by molar-refractivity contribution is 0.190. The van der Waals surface area contributed by atoms with Crippen LogP contribution in [0.2, 0.25) is 5.02 Å². The van der Waals surface area contributed by atoms with E-state index in [1.807, 2.05) is 36.5 Å². The van der Waals surface area contributed by atoms with E-state index in [0.29, 0.717) is 22.6 Å². The zero-order valence-electron chi connectivity index (χ0n) is 23.1. The highest BCUT2D eigenvalue weighted by Crippen LogP contribution is 2.43. The monoisotopic (exact) mass is 552 g/mol. The van der Waals surface area contributed by atoms with Crippen LogP contribution in [0.5, 0.6) is 0 Å². The van der Waals surface area contributed by atoms with Gasteiger partial charge in [-0.05, 0) is 55.0 Å². The molecule has 0 unspecified atom stereocenters. The number of rotatable bonds is 7. The quantitative estimate of drug-likeness (QED) is 0.202. The van der Waals surface area contributed by atoms with Crippen molar-refractivity contribution in [3.8, 4) is 6.07 Å². The van der Waals surface area contributed by atoms with Crippen molar-refractivity contribution in [2.24, 2.45) is 5.41 Å². The molecule has 1 aliphatic heterocycles. The lowest BCUT2D eigenvalue weighted by Gasteiger charge is -2.24. The molecule has 1 saturated carbocycles. The van der Waals surface area contributed by atoms with Gasteiger partial charge in [0.2, 0.25) is 0 Å². The van der Waals surface area contributed by atoms with E-state index in [9.17, 15) is 5.26 Å². The molecular formula is C31H33ClN8. The fourth-order valence-electron chi connectivity index (χ4n) is 5.03. The van der Waals surface area contributed by atoms with Crippen LogP contribution in [0, 0.1) is 16.7 Å². The number of halogens is 1. The highest BCUT2D eigenvalue weighted by atomic mass is 35.5. The molecule has 1 atom stereocenters. The first kappa shape index (κ1) is 26.2. The van der Waals surface area contributed by atoms with Crippen molar-refractivity contribution in [2.45, 2.75) is 52.1 Å². The molecule has 0 bridgehead atoms. The number of hydrogen-bond acceptors (Lipinski definition) is 8. The molecule has 0 saturated heterocycles. The number of hydrazine groups is 2. The Morgan fingerprint density at radius 2 is 1.98 bits per heavy atom. The van der Waals surface area contributed by atoms with Gasteiger partial charge in [-0.1, -0.05) is 50.6 Å². The summed E-state index contributed by atoms with van der Waals surface area (Å²) in [5, 5.41) is 21.6. The van der Waals surface area contributed by atoms with E-state index in [4.69, 9.17) is 11.6 Å². The SMILES string of the molecule is CC(C)(C)CNc1c(C#N)cnc2c(Cl)cc(N[C@H](C3=CN(C4(C)CC4)NN3)c3cccc4ncccc34)cc12. The molecule has 4 aromatic rings. The van der Waals surface area contributed by atoms with Crippen LogP contribution in [0.1, 0.15) is 57.7 Å². The molecule has 2 aromatic heterocycles. The van der Waals surface area contributed by atoms with E-state index in [1.54, 1.807) is 6.20 Å². The van der Waals surface area contributed by atoms with Gasteiger partial charge in [0.15, 0.2) is 0 Å². The van der Waals surface area contributed by atoms with Crippen molar-refractivity contribution in [3.05, 3.63) is 82.9 Å². The summed E-state index contributed by atoms with van der Waals surface area (Å²) >= 11 is 6.82. The summed E-state index contributed by atoms with van der Waals surface area (Å²) in [5.74, 6) is 0. The van der Waals surface area contributed by atoms with Crippen LogP contribution in [-0.2, 0) is 0 Å². The summed E-state index contributed by atoms with van der Waals surface area (Å²) in [6, 6.07) is 16.2. The third-order valence-electron chi connectivity index (χ3n) is 7.60. The fraction of sp³-hybridized carbons (Fsp3) is 0.323. The van der Waals surface area contributed by atoms with Gasteiger partial charge in [-0.2, -0.15) is 5.26 Å². The number of benzene rings is 2. The number of aromatic nitrogens is 2. The number of hydrogen-bond donors (Lipinski definition) is 4. The van der Waals surface area contributed by atoms with E-state index in [0.717, 1.165) is 51.8 Å². The second-order valence-corrected chi connectivity index (χ2v) is 12.5. The molecule has 8 nitrogen and oxygen atoms in total. The highest BCUT2D eigenvalue weighted by Gasteiger charge is 2.44. The highest BCUT2D eigenvalue weighted by molar-refractivity contribution is 6.35. The second-order valence-electron chi connectivity index (χ2n) is 12.1. The Hall–Kier alpha value is -4.06. The number of nitrogens with one attached hydrogen (secondary N) is 4. The number of fused-ring (bicyclic) bond motifs is 2. The summed E-state index contributed by atoms with van der Waals surface area (Å²) in [7, 11) is 0. The topological polar surface area (TPSA) is 101 Å². The third-order valence-corrected chi connectivity index (χ3v) is 7.89. The maximum atomic E-state index is 9.87. The van der Waals surface area contributed by atoms with Crippen molar-refractivity contribution in [3.63, 3.8) is 0 Å². The first-order chi connectivity index (χ1) is 19.1. The minimum Gasteiger partial charge on any atom is -0.383 e. The maximum Gasteiger partial charge on any atom is 0.103 e. The molecule has 0 radical (unpaired) electrons. The number of nitrogens with zero attached hydrogens (tertiary/aromatic N) is 4. The van der Waals surface area contributed by atoms with Crippen molar-refractivity contribution in [1.29, 1.82) is 5.26 Å². The molecule has 40 heavy (non-hydrogen) atoms. The van der Waals surface area contributed by atoms with Gasteiger partial charge in [0.05, 0.1) is 44.6 Å². The van der Waals surface area contributed by atoms with Gasteiger partial charge in [-0.25, -0.2) is 0 Å². The van der Waals surface area contributed by atoms with Gasteiger partial charge in [-0.3, -0.25) is 15.0 Å². The van der Waals surface area contributed by atoms with E-state index in [-0.39, 0.29) is 17.0 Å². The molecule has 1 aliphatic carbocycles. The van der Waals surface area contributed by atoms with Crippen LogP contribution >= 0.6 is 11.6 Å². The largest absolute Gasteiger partial charge is 0.383 e. The lowest BCUT2D eigenvalue weighted by atomic mass is 9.96. The van der Waals surface area contributed by atoms with Crippen molar-refractivity contribution >= 4 is 44.8 Å². The smallest absolute Gasteiger partial charge is 0.103 e. The lowest BCUT2D eigenvalue weighted by Crippen LogP contribution is -2.43. The maximum absolute atomic E-state index is 9.87. The first-order valence-electron chi connectivity index (χ1n) is 13.5. The van der Waals surface area contributed by atoms with Crippen LogP contribution in [0.15, 0.2) is 66.8 Å². The zero-order chi connectivity index (χ0) is 28.1. The van der Waals surface area contributed by atoms with E-state index >= 15 is 0 Å². The van der Waals surface area contributed by atoms with Crippen LogP contribution in [-0.4, -0.2) is 27.1 Å². The molecule has 3 heterocycles. The molecule has 6 rings (SSSR count). The molecule has 9 heteroatoms. The van der Waals surface area contributed by atoms with Gasteiger partial charge in [0.1, 0.15) is 6.07 Å². The van der Waals surface area contributed by atoms with Gasteiger partial charge in [-0.15, -0.1) is 5.53 Å². The summed E-state index contributed by atoms with van der Waals surface area (Å²) in [4.78, 5) is 9.11. The molecule has 1 fully saturated rings. The summed E-state index contributed by atoms with van der Waals surface area (Å²) in [6.07, 6.45) is 7.83. The Morgan fingerprint density at radius 1 is 1.15 bits per heavy atom. The van der Waals surface area contributed by atoms with Gasteiger partial charge < -0.3 is 16.1 Å². The van der Waals surface area contributed by atoms with Crippen LogP contribution in [0.25, 0.3) is 21.8 Å². The Balaban J connectivity index is 1.46. The Labute approximate surface area is 239 Å². The summed E-state index contributed by atoms with van der Waals surface area (Å²) in [6.45, 7) is 9.40. The van der Waals surface area contributed by atoms with E-state index in [1.165, 1.54) is 0 Å². The van der Waals surface area contributed by atoms with E-state index < -0.39 is 0 Å². The molecular weight excluding hydrogens is 520 g/mol. The second kappa shape index (κ2) is 9.84. The summed E-state index contributed by atoms with van der Waals surface area (Å²) < 4.78 is 0. The molecule has 0 amide bonds. The molecule has 0 spiro atoms. The number of anilines is 2. The molecule has 2 aromatic carbocycles. The standard InChI is InChI=1S/C31H33ClN8/c1-30(2,3)18-36-27-19(15-33)16-35-28-23(27)13-20(14-24(28)32)37-29(26-17-40(39-38-26)31(4)10-11-31)22-7-5-9-25-21(22)8-6-12-34-25/h5-9,12-14,16-17,29,37-39H,10-11,18H2,1-4H3,(H,35,36)/t29-/m0/s1. The van der Waals surface area contributed by atoms with Crippen molar-refractivity contribution in [1.82, 2.24) is 25.9 Å². The minimum absolute atomic E-state index is 0.0210. The Kier molecular flexibility index (Phi) is 6.44. The number of pyridine rings is 2. The predicted molar refractivity (Wildman–Crippen MR) is 161 cm³/mol. The molecule has 4 N–H and O–H groups in total. The Bertz CT molecular complexity index is 1670. The van der Waals surface area contributed by atoms with Gasteiger partial charge >= 0.3 is 0 Å². The molecule has 2 aliphatic rings. The third kappa shape index (κ3) is 4.99.